The van der Waals surface area contributed by atoms with Crippen molar-refractivity contribution in [3.63, 3.8) is 0 Å². The Morgan fingerprint density at radius 2 is 1.94 bits per heavy atom. The van der Waals surface area contributed by atoms with Crippen molar-refractivity contribution < 1.29 is 4.74 Å². The van der Waals surface area contributed by atoms with Gasteiger partial charge in [0.15, 0.2) is 0 Å². The van der Waals surface area contributed by atoms with E-state index in [1.807, 2.05) is 0 Å². The third kappa shape index (κ3) is 3.44. The van der Waals surface area contributed by atoms with Crippen molar-refractivity contribution >= 4 is 0 Å². The van der Waals surface area contributed by atoms with Gasteiger partial charge in [0.25, 0.3) is 0 Å². The van der Waals surface area contributed by atoms with Crippen molar-refractivity contribution in [2.45, 2.75) is 57.4 Å². The summed E-state index contributed by atoms with van der Waals surface area (Å²) < 4.78 is 5.56. The highest BCUT2D eigenvalue weighted by Crippen LogP contribution is 2.30. The maximum atomic E-state index is 5.72. The van der Waals surface area contributed by atoms with Gasteiger partial charge in [-0.2, -0.15) is 0 Å². The summed E-state index contributed by atoms with van der Waals surface area (Å²) in [6.07, 6.45) is 10.8. The molecule has 3 heteroatoms. The molecule has 1 saturated carbocycles. The van der Waals surface area contributed by atoms with E-state index in [2.05, 4.69) is 5.43 Å². The first-order valence-electron chi connectivity index (χ1n) is 6.94. The van der Waals surface area contributed by atoms with Gasteiger partial charge in [-0.05, 0) is 31.1 Å². The molecular formula is C13H26N2O. The summed E-state index contributed by atoms with van der Waals surface area (Å²) in [5.41, 5.74) is 3.04. The van der Waals surface area contributed by atoms with Crippen molar-refractivity contribution in [2.75, 3.05) is 13.2 Å². The molecule has 16 heavy (non-hydrogen) atoms. The summed E-state index contributed by atoms with van der Waals surface area (Å²) in [7, 11) is 0. The minimum Gasteiger partial charge on any atom is -0.381 e. The van der Waals surface area contributed by atoms with Crippen molar-refractivity contribution in [2.24, 2.45) is 17.7 Å². The largest absolute Gasteiger partial charge is 0.381 e. The van der Waals surface area contributed by atoms with E-state index in [1.165, 1.54) is 51.4 Å². The van der Waals surface area contributed by atoms with Crippen LogP contribution in [-0.2, 0) is 4.74 Å². The van der Waals surface area contributed by atoms with Crippen LogP contribution < -0.4 is 11.3 Å². The second kappa shape index (κ2) is 6.58. The highest BCUT2D eigenvalue weighted by Gasteiger charge is 2.26. The van der Waals surface area contributed by atoms with Crippen LogP contribution in [0.1, 0.15) is 51.4 Å². The van der Waals surface area contributed by atoms with Gasteiger partial charge in [-0.1, -0.05) is 32.1 Å². The van der Waals surface area contributed by atoms with Gasteiger partial charge in [0, 0.05) is 12.6 Å². The number of nitrogens with one attached hydrogen (secondary N) is 1. The molecule has 0 radical (unpaired) electrons. The minimum atomic E-state index is 0.475. The fourth-order valence-electron chi connectivity index (χ4n) is 3.26. The quantitative estimate of drug-likeness (QED) is 0.571. The highest BCUT2D eigenvalue weighted by atomic mass is 16.5. The van der Waals surface area contributed by atoms with Gasteiger partial charge in [-0.3, -0.25) is 11.3 Å². The first-order chi connectivity index (χ1) is 7.90. The molecule has 94 valence electrons. The van der Waals surface area contributed by atoms with Gasteiger partial charge in [-0.15, -0.1) is 0 Å². The SMILES string of the molecule is NNC(CC1CCCCC1)C1CCCOC1. The third-order valence-electron chi connectivity index (χ3n) is 4.29. The zero-order valence-corrected chi connectivity index (χ0v) is 10.3. The lowest BCUT2D eigenvalue weighted by atomic mass is 9.81. The lowest BCUT2D eigenvalue weighted by Gasteiger charge is -2.33. The fourth-order valence-corrected chi connectivity index (χ4v) is 3.26. The number of hydrogen-bond acceptors (Lipinski definition) is 3. The molecule has 0 spiro atoms. The standard InChI is InChI=1S/C13H26N2O/c14-15-13(12-7-4-8-16-10-12)9-11-5-2-1-3-6-11/h11-13,15H,1-10,14H2. The monoisotopic (exact) mass is 226 g/mol. The predicted molar refractivity (Wildman–Crippen MR) is 65.8 cm³/mol. The van der Waals surface area contributed by atoms with Crippen LogP contribution in [0.15, 0.2) is 0 Å². The molecule has 2 atom stereocenters. The highest BCUT2D eigenvalue weighted by molar-refractivity contribution is 4.80. The van der Waals surface area contributed by atoms with Gasteiger partial charge in [0.05, 0.1) is 6.61 Å². The van der Waals surface area contributed by atoms with E-state index in [9.17, 15) is 0 Å². The van der Waals surface area contributed by atoms with Crippen LogP contribution in [0.25, 0.3) is 0 Å². The fraction of sp³-hybridized carbons (Fsp3) is 1.00. The Bertz CT molecular complexity index is 186. The molecule has 0 aromatic carbocycles. The second-order valence-corrected chi connectivity index (χ2v) is 5.49. The Morgan fingerprint density at radius 3 is 2.56 bits per heavy atom. The molecule has 2 aliphatic rings. The number of hydrazine groups is 1. The molecule has 3 N–H and O–H groups in total. The molecule has 2 rings (SSSR count). The molecule has 0 amide bonds. The summed E-state index contributed by atoms with van der Waals surface area (Å²) >= 11 is 0. The van der Waals surface area contributed by atoms with Gasteiger partial charge in [-0.25, -0.2) is 0 Å². The molecule has 3 nitrogen and oxygen atoms in total. The average molecular weight is 226 g/mol. The summed E-state index contributed by atoms with van der Waals surface area (Å²) in [5, 5.41) is 0. The number of nitrogens with two attached hydrogens (primary N) is 1. The molecule has 1 aliphatic carbocycles. The molecule has 1 heterocycles. The van der Waals surface area contributed by atoms with Gasteiger partial charge in [0.2, 0.25) is 0 Å². The van der Waals surface area contributed by atoms with Crippen molar-refractivity contribution in [3.05, 3.63) is 0 Å². The first kappa shape index (κ1) is 12.3. The zero-order chi connectivity index (χ0) is 11.2. The molecular weight excluding hydrogens is 200 g/mol. The Hall–Kier alpha value is -0.120. The van der Waals surface area contributed by atoms with Crippen LogP contribution in [0.5, 0.6) is 0 Å². The van der Waals surface area contributed by atoms with Gasteiger partial charge in [0.1, 0.15) is 0 Å². The molecule has 2 fully saturated rings. The van der Waals surface area contributed by atoms with Crippen LogP contribution in [0.3, 0.4) is 0 Å². The van der Waals surface area contributed by atoms with Crippen LogP contribution >= 0.6 is 0 Å². The second-order valence-electron chi connectivity index (χ2n) is 5.49. The number of ether oxygens (including phenoxy) is 1. The van der Waals surface area contributed by atoms with Gasteiger partial charge < -0.3 is 4.74 Å². The van der Waals surface area contributed by atoms with Crippen LogP contribution in [0.4, 0.5) is 0 Å². The van der Waals surface area contributed by atoms with E-state index in [4.69, 9.17) is 10.6 Å². The van der Waals surface area contributed by atoms with Crippen LogP contribution in [0.2, 0.25) is 0 Å². The summed E-state index contributed by atoms with van der Waals surface area (Å²) in [4.78, 5) is 0. The van der Waals surface area contributed by atoms with Crippen LogP contribution in [-0.4, -0.2) is 19.3 Å². The Labute approximate surface area is 99.1 Å². The average Bonchev–Trinajstić information content (AvgIpc) is 2.38. The summed E-state index contributed by atoms with van der Waals surface area (Å²) in [5.74, 6) is 7.25. The first-order valence-corrected chi connectivity index (χ1v) is 6.94. The number of rotatable bonds is 4. The van der Waals surface area contributed by atoms with E-state index in [-0.39, 0.29) is 0 Å². The maximum Gasteiger partial charge on any atom is 0.0509 e. The normalized spacial score (nSPS) is 30.2. The lowest BCUT2D eigenvalue weighted by Crippen LogP contribution is -2.45. The smallest absolute Gasteiger partial charge is 0.0509 e. The topological polar surface area (TPSA) is 47.3 Å². The van der Waals surface area contributed by atoms with Crippen molar-refractivity contribution in [1.82, 2.24) is 5.43 Å². The summed E-state index contributed by atoms with van der Waals surface area (Å²) in [6, 6.07) is 0.475. The van der Waals surface area contributed by atoms with E-state index in [1.54, 1.807) is 0 Å². The Kier molecular flexibility index (Phi) is 5.07. The van der Waals surface area contributed by atoms with E-state index in [0.717, 1.165) is 19.1 Å². The predicted octanol–water partition coefficient (Wildman–Crippen LogP) is 2.22. The number of hydrogen-bond donors (Lipinski definition) is 2. The maximum absolute atomic E-state index is 5.72. The van der Waals surface area contributed by atoms with Gasteiger partial charge >= 0.3 is 0 Å². The lowest BCUT2D eigenvalue weighted by molar-refractivity contribution is 0.0340. The van der Waals surface area contributed by atoms with E-state index in [0.29, 0.717) is 12.0 Å². The molecule has 0 aromatic rings. The Balaban J connectivity index is 1.78. The zero-order valence-electron chi connectivity index (χ0n) is 10.3. The molecule has 1 aliphatic heterocycles. The van der Waals surface area contributed by atoms with E-state index < -0.39 is 0 Å². The van der Waals surface area contributed by atoms with Crippen molar-refractivity contribution in [3.8, 4) is 0 Å². The molecule has 1 saturated heterocycles. The Morgan fingerprint density at radius 1 is 1.12 bits per heavy atom. The van der Waals surface area contributed by atoms with E-state index >= 15 is 0 Å². The molecule has 2 unspecified atom stereocenters. The van der Waals surface area contributed by atoms with Crippen LogP contribution in [0, 0.1) is 11.8 Å². The molecule has 0 bridgehead atoms. The summed E-state index contributed by atoms with van der Waals surface area (Å²) in [6.45, 7) is 1.85. The minimum absolute atomic E-state index is 0.475. The van der Waals surface area contributed by atoms with Crippen molar-refractivity contribution in [1.29, 1.82) is 0 Å². The third-order valence-corrected chi connectivity index (χ3v) is 4.29. The molecule has 0 aromatic heterocycles.